The van der Waals surface area contributed by atoms with Crippen LogP contribution in [0.15, 0.2) is 18.2 Å². The topological polar surface area (TPSA) is 75.4 Å². The van der Waals surface area contributed by atoms with Crippen molar-refractivity contribution in [2.45, 2.75) is 26.4 Å². The van der Waals surface area contributed by atoms with Crippen LogP contribution in [0.1, 0.15) is 18.9 Å². The first kappa shape index (κ1) is 12.4. The number of aliphatic hydroxyl groups excluding tert-OH is 1. The maximum atomic E-state index is 10.6. The maximum absolute atomic E-state index is 10.6. The van der Waals surface area contributed by atoms with Crippen LogP contribution in [0.3, 0.4) is 0 Å². The van der Waals surface area contributed by atoms with Crippen molar-refractivity contribution in [2.75, 3.05) is 11.9 Å². The van der Waals surface area contributed by atoms with Crippen LogP contribution in [0.2, 0.25) is 0 Å². The zero-order valence-corrected chi connectivity index (χ0v) is 9.43. The molecule has 0 saturated heterocycles. The fourth-order valence-electron chi connectivity index (χ4n) is 1.35. The fourth-order valence-corrected chi connectivity index (χ4v) is 1.35. The van der Waals surface area contributed by atoms with Gasteiger partial charge in [-0.1, -0.05) is 6.92 Å². The molecule has 0 aliphatic heterocycles. The number of nitro benzene ring substituents is 1. The van der Waals surface area contributed by atoms with E-state index >= 15 is 0 Å². The molecular weight excluding hydrogens is 208 g/mol. The Morgan fingerprint density at radius 1 is 1.56 bits per heavy atom. The van der Waals surface area contributed by atoms with Gasteiger partial charge in [-0.05, 0) is 25.5 Å². The molecule has 2 N–H and O–H groups in total. The predicted molar refractivity (Wildman–Crippen MR) is 62.6 cm³/mol. The van der Waals surface area contributed by atoms with Crippen LogP contribution in [0.25, 0.3) is 0 Å². The van der Waals surface area contributed by atoms with Crippen molar-refractivity contribution < 1.29 is 10.0 Å². The quantitative estimate of drug-likeness (QED) is 0.593. The molecule has 5 heteroatoms. The minimum Gasteiger partial charge on any atom is -0.391 e. The second-order valence-electron chi connectivity index (χ2n) is 3.70. The molecule has 16 heavy (non-hydrogen) atoms. The second kappa shape index (κ2) is 5.46. The zero-order valence-electron chi connectivity index (χ0n) is 9.43. The van der Waals surface area contributed by atoms with Crippen molar-refractivity contribution in [3.05, 3.63) is 33.9 Å². The lowest BCUT2D eigenvalue weighted by Gasteiger charge is -2.11. The number of hydrogen-bond donors (Lipinski definition) is 2. The Morgan fingerprint density at radius 2 is 2.25 bits per heavy atom. The first-order valence-corrected chi connectivity index (χ1v) is 5.21. The van der Waals surface area contributed by atoms with E-state index in [1.807, 2.05) is 6.92 Å². The van der Waals surface area contributed by atoms with Gasteiger partial charge in [0.15, 0.2) is 0 Å². The normalized spacial score (nSPS) is 12.2. The predicted octanol–water partition coefficient (Wildman–Crippen LogP) is 2.09. The average Bonchev–Trinajstić information content (AvgIpc) is 2.25. The number of rotatable bonds is 5. The van der Waals surface area contributed by atoms with Crippen LogP contribution in [-0.4, -0.2) is 22.7 Å². The van der Waals surface area contributed by atoms with Crippen LogP contribution in [0.4, 0.5) is 11.4 Å². The van der Waals surface area contributed by atoms with Crippen LogP contribution < -0.4 is 5.32 Å². The molecule has 5 nitrogen and oxygen atoms in total. The molecule has 0 heterocycles. The molecule has 88 valence electrons. The summed E-state index contributed by atoms with van der Waals surface area (Å²) >= 11 is 0. The van der Waals surface area contributed by atoms with E-state index in [1.165, 1.54) is 6.07 Å². The van der Waals surface area contributed by atoms with E-state index in [-0.39, 0.29) is 5.69 Å². The van der Waals surface area contributed by atoms with Gasteiger partial charge in [0.1, 0.15) is 0 Å². The van der Waals surface area contributed by atoms with Gasteiger partial charge < -0.3 is 10.4 Å². The standard InChI is InChI=1S/C11H16N2O3/c1-3-10(14)7-12-9-4-5-11(13(15)16)8(2)6-9/h4-6,10,12,14H,3,7H2,1-2H3. The highest BCUT2D eigenvalue weighted by atomic mass is 16.6. The summed E-state index contributed by atoms with van der Waals surface area (Å²) in [6, 6.07) is 4.82. The fraction of sp³-hybridized carbons (Fsp3) is 0.455. The highest BCUT2D eigenvalue weighted by Crippen LogP contribution is 2.21. The first-order valence-electron chi connectivity index (χ1n) is 5.21. The number of nitrogens with one attached hydrogen (secondary N) is 1. The molecule has 0 spiro atoms. The smallest absolute Gasteiger partial charge is 0.272 e. The van der Waals surface area contributed by atoms with Gasteiger partial charge in [-0.2, -0.15) is 0 Å². The molecule has 1 aromatic carbocycles. The summed E-state index contributed by atoms with van der Waals surface area (Å²) in [4.78, 5) is 10.2. The number of aliphatic hydroxyl groups is 1. The van der Waals surface area contributed by atoms with Gasteiger partial charge in [-0.15, -0.1) is 0 Å². The van der Waals surface area contributed by atoms with Gasteiger partial charge in [0.05, 0.1) is 11.0 Å². The summed E-state index contributed by atoms with van der Waals surface area (Å²) in [5, 5.41) is 23.0. The van der Waals surface area contributed by atoms with E-state index in [2.05, 4.69) is 5.32 Å². The molecule has 1 aromatic rings. The molecule has 0 aliphatic rings. The van der Waals surface area contributed by atoms with Crippen molar-refractivity contribution in [1.29, 1.82) is 0 Å². The summed E-state index contributed by atoms with van der Waals surface area (Å²) in [6.07, 6.45) is 0.286. The van der Waals surface area contributed by atoms with E-state index in [0.717, 1.165) is 5.69 Å². The zero-order chi connectivity index (χ0) is 12.1. The summed E-state index contributed by atoms with van der Waals surface area (Å²) in [6.45, 7) is 4.04. The van der Waals surface area contributed by atoms with Gasteiger partial charge in [0.25, 0.3) is 5.69 Å². The third kappa shape index (κ3) is 3.20. The monoisotopic (exact) mass is 224 g/mol. The summed E-state index contributed by atoms with van der Waals surface area (Å²) in [5.74, 6) is 0. The Kier molecular flexibility index (Phi) is 4.25. The Bertz CT molecular complexity index is 379. The van der Waals surface area contributed by atoms with Gasteiger partial charge >= 0.3 is 0 Å². The summed E-state index contributed by atoms with van der Waals surface area (Å²) < 4.78 is 0. The molecule has 0 fully saturated rings. The second-order valence-corrected chi connectivity index (χ2v) is 3.70. The number of nitrogens with zero attached hydrogens (tertiary/aromatic N) is 1. The number of benzene rings is 1. The maximum Gasteiger partial charge on any atom is 0.272 e. The summed E-state index contributed by atoms with van der Waals surface area (Å²) in [5.41, 5.74) is 1.51. The minimum absolute atomic E-state index is 0.113. The first-order chi connectivity index (χ1) is 7.54. The molecule has 1 unspecified atom stereocenters. The molecule has 0 aliphatic carbocycles. The van der Waals surface area contributed by atoms with Crippen LogP contribution in [0.5, 0.6) is 0 Å². The Hall–Kier alpha value is -1.62. The number of aryl methyl sites for hydroxylation is 1. The van der Waals surface area contributed by atoms with E-state index in [9.17, 15) is 15.2 Å². The largest absolute Gasteiger partial charge is 0.391 e. The van der Waals surface area contributed by atoms with Crippen molar-refractivity contribution in [2.24, 2.45) is 0 Å². The Labute approximate surface area is 94.3 Å². The van der Waals surface area contributed by atoms with Crippen molar-refractivity contribution in [3.8, 4) is 0 Å². The van der Waals surface area contributed by atoms with E-state index in [1.54, 1.807) is 19.1 Å². The van der Waals surface area contributed by atoms with Gasteiger partial charge in [0.2, 0.25) is 0 Å². The molecule has 0 bridgehead atoms. The molecule has 0 saturated carbocycles. The molecule has 1 atom stereocenters. The van der Waals surface area contributed by atoms with Gasteiger partial charge in [-0.3, -0.25) is 10.1 Å². The van der Waals surface area contributed by atoms with Gasteiger partial charge in [0, 0.05) is 23.9 Å². The van der Waals surface area contributed by atoms with E-state index in [0.29, 0.717) is 18.5 Å². The molecule has 1 rings (SSSR count). The molecular formula is C11H16N2O3. The molecule has 0 amide bonds. The molecule has 0 aromatic heterocycles. The lowest BCUT2D eigenvalue weighted by molar-refractivity contribution is -0.385. The lowest BCUT2D eigenvalue weighted by Crippen LogP contribution is -2.18. The Balaban J connectivity index is 2.70. The highest BCUT2D eigenvalue weighted by Gasteiger charge is 2.10. The number of nitro groups is 1. The Morgan fingerprint density at radius 3 is 2.75 bits per heavy atom. The number of anilines is 1. The summed E-state index contributed by atoms with van der Waals surface area (Å²) in [7, 11) is 0. The van der Waals surface area contributed by atoms with Crippen LogP contribution >= 0.6 is 0 Å². The minimum atomic E-state index is -0.403. The van der Waals surface area contributed by atoms with Crippen LogP contribution in [0, 0.1) is 17.0 Å². The molecule has 0 radical (unpaired) electrons. The van der Waals surface area contributed by atoms with Crippen LogP contribution in [-0.2, 0) is 0 Å². The van der Waals surface area contributed by atoms with Crippen molar-refractivity contribution in [3.63, 3.8) is 0 Å². The van der Waals surface area contributed by atoms with E-state index < -0.39 is 11.0 Å². The third-order valence-electron chi connectivity index (χ3n) is 2.41. The highest BCUT2D eigenvalue weighted by molar-refractivity contribution is 5.53. The van der Waals surface area contributed by atoms with Crippen molar-refractivity contribution >= 4 is 11.4 Å². The van der Waals surface area contributed by atoms with Gasteiger partial charge in [-0.25, -0.2) is 0 Å². The van der Waals surface area contributed by atoms with E-state index in [4.69, 9.17) is 0 Å². The number of hydrogen-bond acceptors (Lipinski definition) is 4. The SMILES string of the molecule is CCC(O)CNc1ccc([N+](=O)[O-])c(C)c1. The average molecular weight is 224 g/mol. The lowest BCUT2D eigenvalue weighted by atomic mass is 10.1. The van der Waals surface area contributed by atoms with Crippen molar-refractivity contribution in [1.82, 2.24) is 0 Å². The third-order valence-corrected chi connectivity index (χ3v) is 2.41.